The summed E-state index contributed by atoms with van der Waals surface area (Å²) < 4.78 is 0. The van der Waals surface area contributed by atoms with Crippen molar-refractivity contribution in [2.45, 2.75) is 26.2 Å². The molecule has 0 amide bonds. The fraction of sp³-hybridized carbons (Fsp3) is 0.238. The highest BCUT2D eigenvalue weighted by atomic mass is 16.1. The van der Waals surface area contributed by atoms with Crippen LogP contribution in [0.3, 0.4) is 0 Å². The van der Waals surface area contributed by atoms with Crippen LogP contribution in [0, 0.1) is 17.3 Å². The van der Waals surface area contributed by atoms with E-state index in [-0.39, 0.29) is 18.0 Å². The third kappa shape index (κ3) is 3.24. The summed E-state index contributed by atoms with van der Waals surface area (Å²) in [5.74, 6) is 5.44. The first-order valence-electron chi connectivity index (χ1n) is 7.81. The molecule has 114 valence electrons. The minimum Gasteiger partial charge on any atom is -0.294 e. The van der Waals surface area contributed by atoms with Gasteiger partial charge in [0.15, 0.2) is 5.78 Å². The van der Waals surface area contributed by atoms with Gasteiger partial charge in [0.05, 0.1) is 0 Å². The Morgan fingerprint density at radius 1 is 1.09 bits per heavy atom. The Kier molecular flexibility index (Phi) is 4.12. The number of hydrogen-bond donors (Lipinski definition) is 0. The van der Waals surface area contributed by atoms with Crippen LogP contribution in [0.15, 0.2) is 54.6 Å². The lowest BCUT2D eigenvalue weighted by Crippen LogP contribution is -2.35. The molecule has 0 spiro atoms. The first-order valence-corrected chi connectivity index (χ1v) is 7.81. The third-order valence-corrected chi connectivity index (χ3v) is 4.43. The highest BCUT2D eigenvalue weighted by Gasteiger charge is 2.39. The number of benzene rings is 2. The van der Waals surface area contributed by atoms with E-state index in [1.54, 1.807) is 0 Å². The highest BCUT2D eigenvalue weighted by molar-refractivity contribution is 6.07. The van der Waals surface area contributed by atoms with Crippen molar-refractivity contribution < 1.29 is 9.59 Å². The zero-order valence-corrected chi connectivity index (χ0v) is 13.1. The Morgan fingerprint density at radius 2 is 1.78 bits per heavy atom. The number of carbonyl (C=O) groups is 2. The second-order valence-corrected chi connectivity index (χ2v) is 6.26. The molecule has 0 saturated carbocycles. The minimum atomic E-state index is -0.642. The molecule has 0 N–H and O–H groups in total. The second kappa shape index (κ2) is 6.22. The summed E-state index contributed by atoms with van der Waals surface area (Å²) in [4.78, 5) is 25.0. The third-order valence-electron chi connectivity index (χ3n) is 4.43. The van der Waals surface area contributed by atoms with Gasteiger partial charge in [-0.25, -0.2) is 0 Å². The first-order chi connectivity index (χ1) is 11.1. The van der Waals surface area contributed by atoms with Crippen LogP contribution in [0.4, 0.5) is 0 Å². The van der Waals surface area contributed by atoms with E-state index >= 15 is 0 Å². The van der Waals surface area contributed by atoms with Crippen molar-refractivity contribution in [3.63, 3.8) is 0 Å². The average Bonchev–Trinajstić information content (AvgIpc) is 2.58. The van der Waals surface area contributed by atoms with Crippen molar-refractivity contribution in [1.82, 2.24) is 0 Å². The van der Waals surface area contributed by atoms with Crippen LogP contribution >= 0.6 is 0 Å². The van der Waals surface area contributed by atoms with E-state index in [1.807, 2.05) is 61.5 Å². The molecule has 1 atom stereocenters. The van der Waals surface area contributed by atoms with Gasteiger partial charge in [-0.15, -0.1) is 0 Å². The summed E-state index contributed by atoms with van der Waals surface area (Å²) >= 11 is 0. The normalized spacial score (nSPS) is 19.4. The van der Waals surface area contributed by atoms with Gasteiger partial charge in [-0.1, -0.05) is 55.3 Å². The van der Waals surface area contributed by atoms with E-state index in [1.165, 1.54) is 0 Å². The van der Waals surface area contributed by atoms with Crippen molar-refractivity contribution in [3.05, 3.63) is 71.3 Å². The number of aryl methyl sites for hydroxylation is 1. The molecule has 0 radical (unpaired) electrons. The number of Topliss-reactive ketones (excluding diaryl/α,β-unsaturated/α-hetero) is 2. The van der Waals surface area contributed by atoms with E-state index in [0.29, 0.717) is 6.42 Å². The molecule has 1 aliphatic carbocycles. The lowest BCUT2D eigenvalue weighted by Gasteiger charge is -2.32. The molecule has 1 aliphatic rings. The molecular formula is C21H18O2. The van der Waals surface area contributed by atoms with Gasteiger partial charge in [0, 0.05) is 23.0 Å². The van der Waals surface area contributed by atoms with Crippen LogP contribution in [-0.2, 0) is 11.2 Å². The average molecular weight is 302 g/mol. The zero-order chi connectivity index (χ0) is 16.3. The molecule has 2 nitrogen and oxygen atoms in total. The van der Waals surface area contributed by atoms with Crippen LogP contribution in [0.2, 0.25) is 0 Å². The molecule has 3 rings (SSSR count). The monoisotopic (exact) mass is 302 g/mol. The summed E-state index contributed by atoms with van der Waals surface area (Å²) in [5, 5.41) is 0. The Morgan fingerprint density at radius 3 is 2.57 bits per heavy atom. The molecule has 1 unspecified atom stereocenters. The Bertz CT molecular complexity index is 808. The highest BCUT2D eigenvalue weighted by Crippen LogP contribution is 2.37. The summed E-state index contributed by atoms with van der Waals surface area (Å²) in [6.07, 6.45) is 1.71. The van der Waals surface area contributed by atoms with Crippen LogP contribution in [0.5, 0.6) is 0 Å². The molecule has 2 heteroatoms. The molecule has 0 aromatic heterocycles. The van der Waals surface area contributed by atoms with Crippen molar-refractivity contribution >= 4 is 11.6 Å². The molecule has 0 fully saturated rings. The largest absolute Gasteiger partial charge is 0.294 e. The van der Waals surface area contributed by atoms with E-state index in [2.05, 4.69) is 11.8 Å². The topological polar surface area (TPSA) is 34.1 Å². The number of hydrogen-bond acceptors (Lipinski definition) is 2. The fourth-order valence-corrected chi connectivity index (χ4v) is 3.04. The van der Waals surface area contributed by atoms with E-state index in [0.717, 1.165) is 23.1 Å². The van der Waals surface area contributed by atoms with Crippen LogP contribution in [0.25, 0.3) is 0 Å². The summed E-state index contributed by atoms with van der Waals surface area (Å²) in [7, 11) is 0. The second-order valence-electron chi connectivity index (χ2n) is 6.26. The van der Waals surface area contributed by atoms with Gasteiger partial charge in [-0.05, 0) is 36.5 Å². The predicted molar refractivity (Wildman–Crippen MR) is 90.1 cm³/mol. The van der Waals surface area contributed by atoms with Crippen molar-refractivity contribution in [1.29, 1.82) is 0 Å². The standard InChI is InChI=1S/C21H18O2/c1-21(14-13-17-9-5-6-10-19(17)20(21)23)15-18(22)12-11-16-7-3-2-4-8-16/h2-10H,13-15H2,1H3. The van der Waals surface area contributed by atoms with Crippen molar-refractivity contribution in [2.24, 2.45) is 5.41 Å². The molecule has 0 saturated heterocycles. The molecule has 23 heavy (non-hydrogen) atoms. The number of rotatable bonds is 2. The van der Waals surface area contributed by atoms with Crippen molar-refractivity contribution in [3.8, 4) is 11.8 Å². The number of ketones is 2. The van der Waals surface area contributed by atoms with Gasteiger partial charge in [0.2, 0.25) is 5.78 Å². The maximum absolute atomic E-state index is 12.7. The van der Waals surface area contributed by atoms with Crippen LogP contribution < -0.4 is 0 Å². The maximum atomic E-state index is 12.7. The lowest BCUT2D eigenvalue weighted by atomic mass is 9.69. The molecule has 2 aromatic rings. The van der Waals surface area contributed by atoms with Crippen LogP contribution in [0.1, 0.15) is 41.3 Å². The van der Waals surface area contributed by atoms with E-state index in [4.69, 9.17) is 0 Å². The Hall–Kier alpha value is -2.66. The molecule has 2 aromatic carbocycles. The summed E-state index contributed by atoms with van der Waals surface area (Å²) in [6.45, 7) is 1.88. The Labute approximate surface area is 136 Å². The van der Waals surface area contributed by atoms with Crippen LogP contribution in [-0.4, -0.2) is 11.6 Å². The number of fused-ring (bicyclic) bond motifs is 1. The molecule has 0 heterocycles. The van der Waals surface area contributed by atoms with Gasteiger partial charge < -0.3 is 0 Å². The van der Waals surface area contributed by atoms with Gasteiger partial charge in [0.1, 0.15) is 0 Å². The quantitative estimate of drug-likeness (QED) is 0.790. The van der Waals surface area contributed by atoms with Crippen molar-refractivity contribution in [2.75, 3.05) is 0 Å². The maximum Gasteiger partial charge on any atom is 0.206 e. The molecule has 0 aliphatic heterocycles. The predicted octanol–water partition coefficient (Wildman–Crippen LogP) is 3.83. The lowest BCUT2D eigenvalue weighted by molar-refractivity contribution is -0.115. The SMILES string of the molecule is CC1(CC(=O)C#Cc2ccccc2)CCc2ccccc2C1=O. The van der Waals surface area contributed by atoms with Gasteiger partial charge in [-0.3, -0.25) is 9.59 Å². The molecule has 0 bridgehead atoms. The smallest absolute Gasteiger partial charge is 0.206 e. The molecular weight excluding hydrogens is 284 g/mol. The number of carbonyl (C=O) groups excluding carboxylic acids is 2. The summed E-state index contributed by atoms with van der Waals surface area (Å²) in [6, 6.07) is 17.1. The van der Waals surface area contributed by atoms with E-state index in [9.17, 15) is 9.59 Å². The first kappa shape index (κ1) is 15.2. The zero-order valence-electron chi connectivity index (χ0n) is 13.1. The van der Waals surface area contributed by atoms with Gasteiger partial charge in [-0.2, -0.15) is 0 Å². The van der Waals surface area contributed by atoms with Gasteiger partial charge in [0.25, 0.3) is 0 Å². The minimum absolute atomic E-state index is 0.0641. The van der Waals surface area contributed by atoms with E-state index < -0.39 is 5.41 Å². The fourth-order valence-electron chi connectivity index (χ4n) is 3.04. The summed E-state index contributed by atoms with van der Waals surface area (Å²) in [5.41, 5.74) is 2.01. The Balaban J connectivity index is 1.76. The van der Waals surface area contributed by atoms with Gasteiger partial charge >= 0.3 is 0 Å².